The standard InChI is InChI=1S/C29H48O/c1-7-21(19(2)3)9-8-20(4)25-12-13-26-24-11-10-22-18-23(30)14-16-28(22,5)27(24)15-17-29(25,26)6/h7,19-20,22,24-27H,8-18H2,1-6H3/b21-7-. The number of Topliss-reactive ketones (excluding diaryl/α,β-unsaturated/α-hetero) is 1. The molecule has 1 nitrogen and oxygen atoms in total. The summed E-state index contributed by atoms with van der Waals surface area (Å²) in [5, 5.41) is 0. The first kappa shape index (κ1) is 22.6. The highest BCUT2D eigenvalue weighted by Gasteiger charge is 2.60. The molecule has 0 amide bonds. The van der Waals surface area contributed by atoms with Crippen molar-refractivity contribution in [1.82, 2.24) is 0 Å². The van der Waals surface area contributed by atoms with Crippen molar-refractivity contribution in [1.29, 1.82) is 0 Å². The number of hydrogen-bond donors (Lipinski definition) is 0. The second-order valence-corrected chi connectivity index (χ2v) is 12.7. The van der Waals surface area contributed by atoms with Gasteiger partial charge in [0.15, 0.2) is 0 Å². The number of carbonyl (C=O) groups excluding carboxylic acids is 1. The van der Waals surface area contributed by atoms with Crippen LogP contribution in [0, 0.1) is 52.3 Å². The van der Waals surface area contributed by atoms with Gasteiger partial charge in [0.05, 0.1) is 0 Å². The first-order chi connectivity index (χ1) is 14.2. The fourth-order valence-electron chi connectivity index (χ4n) is 9.38. The molecule has 4 fully saturated rings. The van der Waals surface area contributed by atoms with Crippen molar-refractivity contribution in [3.63, 3.8) is 0 Å². The molecule has 0 heterocycles. The summed E-state index contributed by atoms with van der Waals surface area (Å²) in [6, 6.07) is 0. The predicted molar refractivity (Wildman–Crippen MR) is 127 cm³/mol. The summed E-state index contributed by atoms with van der Waals surface area (Å²) in [5.74, 6) is 6.50. The van der Waals surface area contributed by atoms with Gasteiger partial charge in [0.25, 0.3) is 0 Å². The van der Waals surface area contributed by atoms with Gasteiger partial charge in [-0.25, -0.2) is 0 Å². The minimum Gasteiger partial charge on any atom is -0.300 e. The highest BCUT2D eigenvalue weighted by molar-refractivity contribution is 5.79. The van der Waals surface area contributed by atoms with Crippen LogP contribution in [-0.4, -0.2) is 5.78 Å². The number of hydrogen-bond acceptors (Lipinski definition) is 1. The van der Waals surface area contributed by atoms with Gasteiger partial charge in [0.1, 0.15) is 5.78 Å². The van der Waals surface area contributed by atoms with Gasteiger partial charge in [0, 0.05) is 12.8 Å². The maximum Gasteiger partial charge on any atom is 0.133 e. The van der Waals surface area contributed by atoms with Gasteiger partial charge >= 0.3 is 0 Å². The van der Waals surface area contributed by atoms with Crippen LogP contribution in [0.5, 0.6) is 0 Å². The van der Waals surface area contributed by atoms with Crippen molar-refractivity contribution in [3.8, 4) is 0 Å². The molecule has 0 saturated heterocycles. The topological polar surface area (TPSA) is 17.1 Å². The Bertz CT molecular complexity index is 674. The van der Waals surface area contributed by atoms with Crippen LogP contribution in [0.1, 0.15) is 112 Å². The molecule has 0 aromatic rings. The van der Waals surface area contributed by atoms with E-state index in [0.29, 0.717) is 28.4 Å². The summed E-state index contributed by atoms with van der Waals surface area (Å²) in [6.07, 6.45) is 16.6. The first-order valence-electron chi connectivity index (χ1n) is 13.4. The summed E-state index contributed by atoms with van der Waals surface area (Å²) in [6.45, 7) is 14.8. The summed E-state index contributed by atoms with van der Waals surface area (Å²) in [4.78, 5) is 12.1. The van der Waals surface area contributed by atoms with Gasteiger partial charge in [-0.3, -0.25) is 4.79 Å². The Kier molecular flexibility index (Phi) is 6.33. The molecule has 0 radical (unpaired) electrons. The molecule has 0 N–H and O–H groups in total. The van der Waals surface area contributed by atoms with Crippen molar-refractivity contribution in [2.75, 3.05) is 0 Å². The Morgan fingerprint density at radius 2 is 1.73 bits per heavy atom. The molecular weight excluding hydrogens is 364 g/mol. The zero-order chi connectivity index (χ0) is 21.7. The van der Waals surface area contributed by atoms with E-state index in [2.05, 4.69) is 47.6 Å². The highest BCUT2D eigenvalue weighted by Crippen LogP contribution is 2.68. The van der Waals surface area contributed by atoms with Gasteiger partial charge in [-0.2, -0.15) is 0 Å². The molecule has 30 heavy (non-hydrogen) atoms. The Hall–Kier alpha value is -0.590. The second-order valence-electron chi connectivity index (χ2n) is 12.7. The summed E-state index contributed by atoms with van der Waals surface area (Å²) < 4.78 is 0. The highest BCUT2D eigenvalue weighted by atomic mass is 16.1. The Morgan fingerprint density at radius 3 is 2.43 bits per heavy atom. The van der Waals surface area contributed by atoms with E-state index in [0.717, 1.165) is 42.4 Å². The molecule has 8 atom stereocenters. The fourth-order valence-corrected chi connectivity index (χ4v) is 9.38. The molecule has 4 aliphatic carbocycles. The zero-order valence-corrected chi connectivity index (χ0v) is 20.8. The van der Waals surface area contributed by atoms with Crippen LogP contribution < -0.4 is 0 Å². The quantitative estimate of drug-likeness (QED) is 0.415. The van der Waals surface area contributed by atoms with Gasteiger partial charge in [-0.1, -0.05) is 46.3 Å². The summed E-state index contributed by atoms with van der Waals surface area (Å²) in [7, 11) is 0. The van der Waals surface area contributed by atoms with E-state index in [4.69, 9.17) is 0 Å². The van der Waals surface area contributed by atoms with E-state index in [1.165, 1.54) is 57.8 Å². The molecule has 0 aromatic heterocycles. The Morgan fingerprint density at radius 1 is 1.00 bits per heavy atom. The average molecular weight is 413 g/mol. The molecule has 1 heteroatoms. The molecule has 4 rings (SSSR count). The van der Waals surface area contributed by atoms with E-state index in [-0.39, 0.29) is 0 Å². The van der Waals surface area contributed by atoms with Crippen molar-refractivity contribution >= 4 is 5.78 Å². The molecule has 0 aromatic carbocycles. The fraction of sp³-hybridized carbons (Fsp3) is 0.897. The Balaban J connectivity index is 1.47. The number of allylic oxidation sites excluding steroid dienone is 2. The van der Waals surface area contributed by atoms with Crippen LogP contribution in [0.2, 0.25) is 0 Å². The largest absolute Gasteiger partial charge is 0.300 e. The van der Waals surface area contributed by atoms with Crippen molar-refractivity contribution in [3.05, 3.63) is 11.6 Å². The van der Waals surface area contributed by atoms with Crippen LogP contribution in [0.4, 0.5) is 0 Å². The number of carbonyl (C=O) groups is 1. The lowest BCUT2D eigenvalue weighted by Crippen LogP contribution is -2.53. The van der Waals surface area contributed by atoms with Gasteiger partial charge in [-0.15, -0.1) is 0 Å². The monoisotopic (exact) mass is 412 g/mol. The summed E-state index contributed by atoms with van der Waals surface area (Å²) in [5.41, 5.74) is 2.69. The van der Waals surface area contributed by atoms with Gasteiger partial charge in [0.2, 0.25) is 0 Å². The maximum atomic E-state index is 12.1. The zero-order valence-electron chi connectivity index (χ0n) is 20.8. The molecule has 0 bridgehead atoms. The molecule has 0 aliphatic heterocycles. The minimum atomic E-state index is 0.458. The van der Waals surface area contributed by atoms with Crippen LogP contribution in [0.3, 0.4) is 0 Å². The lowest BCUT2D eigenvalue weighted by atomic mass is 9.44. The SMILES string of the molecule is C/C=C(/CCC(C)C1CCC2C3CCC4CC(=O)CCC4(C)C3CCC12C)C(C)C. The van der Waals surface area contributed by atoms with E-state index in [1.54, 1.807) is 5.57 Å². The molecular formula is C29H48O. The lowest BCUT2D eigenvalue weighted by Gasteiger charge is -2.60. The Labute approximate surface area is 186 Å². The van der Waals surface area contributed by atoms with Gasteiger partial charge in [-0.05, 0) is 117 Å². The third-order valence-corrected chi connectivity index (χ3v) is 11.2. The van der Waals surface area contributed by atoms with Crippen LogP contribution in [-0.2, 0) is 4.79 Å². The van der Waals surface area contributed by atoms with E-state index >= 15 is 0 Å². The molecule has 4 saturated carbocycles. The average Bonchev–Trinajstić information content (AvgIpc) is 3.06. The smallest absolute Gasteiger partial charge is 0.133 e. The number of fused-ring (bicyclic) bond motifs is 5. The lowest BCUT2D eigenvalue weighted by molar-refractivity contribution is -0.140. The second kappa shape index (κ2) is 8.40. The first-order valence-corrected chi connectivity index (χ1v) is 13.4. The van der Waals surface area contributed by atoms with Crippen molar-refractivity contribution < 1.29 is 4.79 Å². The third kappa shape index (κ3) is 3.65. The van der Waals surface area contributed by atoms with Crippen molar-refractivity contribution in [2.45, 2.75) is 112 Å². The maximum absolute atomic E-state index is 12.1. The minimum absolute atomic E-state index is 0.458. The van der Waals surface area contributed by atoms with E-state index in [1.807, 2.05) is 0 Å². The summed E-state index contributed by atoms with van der Waals surface area (Å²) >= 11 is 0. The molecule has 8 unspecified atom stereocenters. The molecule has 0 spiro atoms. The normalized spacial score (nSPS) is 45.1. The van der Waals surface area contributed by atoms with E-state index < -0.39 is 0 Å². The number of ketones is 1. The van der Waals surface area contributed by atoms with Crippen LogP contribution >= 0.6 is 0 Å². The molecule has 4 aliphatic rings. The third-order valence-electron chi connectivity index (χ3n) is 11.2. The predicted octanol–water partition coefficient (Wildman–Crippen LogP) is 8.23. The number of rotatable bonds is 5. The van der Waals surface area contributed by atoms with Crippen molar-refractivity contribution in [2.24, 2.45) is 52.3 Å². The van der Waals surface area contributed by atoms with Crippen LogP contribution in [0.25, 0.3) is 0 Å². The van der Waals surface area contributed by atoms with Crippen LogP contribution in [0.15, 0.2) is 11.6 Å². The molecule has 170 valence electrons. The van der Waals surface area contributed by atoms with E-state index in [9.17, 15) is 4.79 Å². The van der Waals surface area contributed by atoms with Gasteiger partial charge < -0.3 is 0 Å².